The number of hydrogen-bond donors (Lipinski definition) is 2. The predicted molar refractivity (Wildman–Crippen MR) is 83.4 cm³/mol. The molecule has 1 amide bonds. The first kappa shape index (κ1) is 18.1. The third-order valence-electron chi connectivity index (χ3n) is 3.90. The number of carbonyl (C=O) groups is 1. The van der Waals surface area contributed by atoms with Crippen molar-refractivity contribution in [1.29, 1.82) is 0 Å². The maximum atomic E-state index is 11.7. The quantitative estimate of drug-likeness (QED) is 0.496. The Morgan fingerprint density at radius 3 is 2.81 bits per heavy atom. The summed E-state index contributed by atoms with van der Waals surface area (Å²) in [6, 6.07) is 0. The first-order valence-electron chi connectivity index (χ1n) is 7.87. The predicted octanol–water partition coefficient (Wildman–Crippen LogP) is 4.10. The monoisotopic (exact) mass is 316 g/mol. The van der Waals surface area contributed by atoms with Crippen molar-refractivity contribution in [2.75, 3.05) is 12.8 Å². The van der Waals surface area contributed by atoms with Crippen molar-refractivity contribution < 1.29 is 19.0 Å². The van der Waals surface area contributed by atoms with Gasteiger partial charge in [-0.15, -0.1) is 0 Å². The summed E-state index contributed by atoms with van der Waals surface area (Å²) < 4.78 is 16.0. The number of amides is 1. The average Bonchev–Trinajstić information content (AvgIpc) is 2.88. The number of rotatable bonds is 9. The Bertz CT molecular complexity index is 395. The lowest BCUT2D eigenvalue weighted by Crippen LogP contribution is -2.25. The number of nitrogens with one attached hydrogen (secondary N) is 1. The first-order chi connectivity index (χ1) is 10.1. The minimum Gasteiger partial charge on any atom is -0.449 e. The fourth-order valence-corrected chi connectivity index (χ4v) is 3.25. The van der Waals surface area contributed by atoms with Crippen LogP contribution in [0.1, 0.15) is 58.8 Å². The zero-order valence-corrected chi connectivity index (χ0v) is 14.0. The summed E-state index contributed by atoms with van der Waals surface area (Å²) in [6.45, 7) is 4.58. The van der Waals surface area contributed by atoms with Crippen molar-refractivity contribution in [3.63, 3.8) is 0 Å². The van der Waals surface area contributed by atoms with E-state index in [1.165, 1.54) is 5.57 Å². The summed E-state index contributed by atoms with van der Waals surface area (Å²) in [6.07, 6.45) is 6.31. The van der Waals surface area contributed by atoms with E-state index in [2.05, 4.69) is 19.2 Å². The van der Waals surface area contributed by atoms with Crippen LogP contribution in [-0.4, -0.2) is 23.8 Å². The normalized spacial score (nSPS) is 16.8. The van der Waals surface area contributed by atoms with Crippen LogP contribution in [0.25, 0.3) is 0 Å². The van der Waals surface area contributed by atoms with E-state index in [1.54, 1.807) is 0 Å². The molecule has 0 aromatic heterocycles. The lowest BCUT2D eigenvalue weighted by molar-refractivity contribution is 0.147. The van der Waals surface area contributed by atoms with E-state index < -0.39 is 8.03 Å². The van der Waals surface area contributed by atoms with Gasteiger partial charge < -0.3 is 4.74 Å². The zero-order chi connectivity index (χ0) is 15.7. The number of alkyl carbamates (subject to hydrolysis) is 1. The van der Waals surface area contributed by atoms with E-state index in [9.17, 15) is 9.36 Å². The summed E-state index contributed by atoms with van der Waals surface area (Å²) in [5, 5.41) is 2.87. The summed E-state index contributed by atoms with van der Waals surface area (Å²) in [5.41, 5.74) is 2.21. The van der Waals surface area contributed by atoms with E-state index in [-0.39, 0.29) is 12.0 Å². The van der Waals surface area contributed by atoms with Gasteiger partial charge in [0.15, 0.2) is 6.16 Å². The molecule has 1 aliphatic carbocycles. The highest BCUT2D eigenvalue weighted by Crippen LogP contribution is 2.35. The molecule has 0 radical (unpaired) electrons. The van der Waals surface area contributed by atoms with Crippen LogP contribution >= 0.6 is 8.03 Å². The minimum atomic E-state index is -2.08. The van der Waals surface area contributed by atoms with Gasteiger partial charge in [0.1, 0.15) is 0 Å². The van der Waals surface area contributed by atoms with Crippen molar-refractivity contribution in [3.8, 4) is 0 Å². The van der Waals surface area contributed by atoms with E-state index in [1.807, 2.05) is 0 Å². The highest BCUT2D eigenvalue weighted by molar-refractivity contribution is 7.37. The van der Waals surface area contributed by atoms with Crippen LogP contribution < -0.4 is 5.32 Å². The number of ether oxygens (including phenoxy) is 1. The molecule has 21 heavy (non-hydrogen) atoms. The van der Waals surface area contributed by atoms with Crippen LogP contribution in [0.3, 0.4) is 0 Å². The summed E-state index contributed by atoms with van der Waals surface area (Å²) in [7, 11) is -2.08. The lowest BCUT2D eigenvalue weighted by atomic mass is 9.92. The summed E-state index contributed by atoms with van der Waals surface area (Å²) in [4.78, 5) is 20.7. The van der Waals surface area contributed by atoms with Gasteiger partial charge in [0, 0.05) is 12.1 Å². The molecular weight excluding hydrogens is 289 g/mol. The number of carbonyl (C=O) groups excluding carboxylic acids is 1. The SMILES string of the molecule is CCCCOC(=O)NC1=C(C(CC)CC[P+](=O)O)CCC1. The molecule has 0 saturated carbocycles. The molecule has 0 fully saturated rings. The summed E-state index contributed by atoms with van der Waals surface area (Å²) in [5.74, 6) is 0.282. The van der Waals surface area contributed by atoms with Gasteiger partial charge in [-0.2, -0.15) is 4.89 Å². The highest BCUT2D eigenvalue weighted by atomic mass is 31.1. The molecule has 2 N–H and O–H groups in total. The van der Waals surface area contributed by atoms with Crippen LogP contribution in [0, 0.1) is 5.92 Å². The molecule has 120 valence electrons. The molecule has 0 spiro atoms. The fourth-order valence-electron chi connectivity index (χ4n) is 2.72. The molecule has 2 unspecified atom stereocenters. The smallest absolute Gasteiger partial charge is 0.449 e. The second kappa shape index (κ2) is 9.91. The van der Waals surface area contributed by atoms with Crippen LogP contribution in [0.15, 0.2) is 11.3 Å². The van der Waals surface area contributed by atoms with Crippen molar-refractivity contribution >= 4 is 14.1 Å². The molecule has 0 aromatic rings. The highest BCUT2D eigenvalue weighted by Gasteiger charge is 2.25. The molecule has 0 aliphatic heterocycles. The Kier molecular flexibility index (Phi) is 8.55. The van der Waals surface area contributed by atoms with Gasteiger partial charge in [-0.25, -0.2) is 4.79 Å². The molecule has 1 aliphatic rings. The first-order valence-corrected chi connectivity index (χ1v) is 9.27. The maximum absolute atomic E-state index is 11.7. The topological polar surface area (TPSA) is 75.6 Å². The minimum absolute atomic E-state index is 0.282. The Labute approximate surface area is 128 Å². The van der Waals surface area contributed by atoms with E-state index in [0.717, 1.165) is 44.2 Å². The Balaban J connectivity index is 2.59. The standard InChI is InChI=1S/C15H26NO4P/c1-3-5-10-20-15(17)16-14-8-6-7-13(14)12(4-2)9-11-21(18)19/h12H,3-11H2,1-2H3,(H-,16,17,18,19)/p+1. The second-order valence-electron chi connectivity index (χ2n) is 5.44. The van der Waals surface area contributed by atoms with Gasteiger partial charge >= 0.3 is 14.1 Å². The molecule has 2 atom stereocenters. The second-order valence-corrected chi connectivity index (χ2v) is 6.59. The Hall–Kier alpha value is -0.930. The van der Waals surface area contributed by atoms with Crippen LogP contribution in [0.2, 0.25) is 0 Å². The van der Waals surface area contributed by atoms with Gasteiger partial charge in [0.05, 0.1) is 6.61 Å². The number of allylic oxidation sites excluding steroid dienone is 2. The van der Waals surface area contributed by atoms with E-state index >= 15 is 0 Å². The van der Waals surface area contributed by atoms with Gasteiger partial charge in [-0.1, -0.05) is 20.3 Å². The molecule has 5 nitrogen and oxygen atoms in total. The largest absolute Gasteiger partial charge is 0.505 e. The third kappa shape index (κ3) is 6.58. The zero-order valence-electron chi connectivity index (χ0n) is 13.1. The fraction of sp³-hybridized carbons (Fsp3) is 0.800. The third-order valence-corrected chi connectivity index (χ3v) is 4.54. The van der Waals surface area contributed by atoms with Crippen LogP contribution in [0.4, 0.5) is 4.79 Å². The van der Waals surface area contributed by atoms with E-state index in [0.29, 0.717) is 19.2 Å². The number of hydrogen-bond acceptors (Lipinski definition) is 3. The van der Waals surface area contributed by atoms with Crippen LogP contribution in [-0.2, 0) is 9.30 Å². The lowest BCUT2D eigenvalue weighted by Gasteiger charge is -2.17. The van der Waals surface area contributed by atoms with Gasteiger partial charge in [-0.05, 0) is 48.2 Å². The van der Waals surface area contributed by atoms with Crippen molar-refractivity contribution in [3.05, 3.63) is 11.3 Å². The molecule has 0 aromatic carbocycles. The Morgan fingerprint density at radius 2 is 2.19 bits per heavy atom. The van der Waals surface area contributed by atoms with Crippen molar-refractivity contribution in [2.45, 2.75) is 58.8 Å². The van der Waals surface area contributed by atoms with Crippen LogP contribution in [0.5, 0.6) is 0 Å². The Morgan fingerprint density at radius 1 is 1.43 bits per heavy atom. The molecule has 0 bridgehead atoms. The van der Waals surface area contributed by atoms with Crippen molar-refractivity contribution in [1.82, 2.24) is 5.32 Å². The van der Waals surface area contributed by atoms with Crippen molar-refractivity contribution in [2.24, 2.45) is 5.92 Å². The van der Waals surface area contributed by atoms with Gasteiger partial charge in [0.2, 0.25) is 0 Å². The number of unbranched alkanes of at least 4 members (excludes halogenated alkanes) is 1. The molecule has 0 saturated heterocycles. The molecule has 6 heteroatoms. The molecule has 0 heterocycles. The molecule has 1 rings (SSSR count). The average molecular weight is 316 g/mol. The maximum Gasteiger partial charge on any atom is 0.505 e. The molecular formula is C15H27NO4P+. The van der Waals surface area contributed by atoms with E-state index in [4.69, 9.17) is 9.63 Å². The summed E-state index contributed by atoms with van der Waals surface area (Å²) >= 11 is 0. The van der Waals surface area contributed by atoms with Gasteiger partial charge in [-0.3, -0.25) is 5.32 Å². The van der Waals surface area contributed by atoms with Gasteiger partial charge in [0.25, 0.3) is 0 Å².